The van der Waals surface area contributed by atoms with Crippen molar-refractivity contribution in [2.45, 2.75) is 38.1 Å². The molecule has 0 unspecified atom stereocenters. The number of hydrogen-bond acceptors (Lipinski definition) is 4. The molecular formula is C16H22ClN3OS. The van der Waals surface area contributed by atoms with E-state index in [9.17, 15) is 4.79 Å². The largest absolute Gasteiger partial charge is 0.356 e. The molecule has 1 saturated carbocycles. The molecule has 6 heteroatoms. The van der Waals surface area contributed by atoms with Gasteiger partial charge in [0.2, 0.25) is 5.91 Å². The Morgan fingerprint density at radius 3 is 2.91 bits per heavy atom. The second-order valence-electron chi connectivity index (χ2n) is 5.73. The highest BCUT2D eigenvalue weighted by Crippen LogP contribution is 2.26. The third-order valence-corrected chi connectivity index (χ3v) is 5.26. The summed E-state index contributed by atoms with van der Waals surface area (Å²) in [5, 5.41) is 4.07. The molecule has 0 radical (unpaired) electrons. The molecule has 2 aromatic rings. The molecule has 1 aromatic carbocycles. The van der Waals surface area contributed by atoms with E-state index in [0.717, 1.165) is 36.2 Å². The van der Waals surface area contributed by atoms with E-state index in [4.69, 9.17) is 5.73 Å². The number of carbonyl (C=O) groups excluding carboxylic acids is 1. The topological polar surface area (TPSA) is 68.0 Å². The molecule has 120 valence electrons. The Kier molecular flexibility index (Phi) is 6.17. The zero-order chi connectivity index (χ0) is 14.7. The van der Waals surface area contributed by atoms with Crippen molar-refractivity contribution in [3.63, 3.8) is 0 Å². The van der Waals surface area contributed by atoms with Crippen LogP contribution in [0.3, 0.4) is 0 Å². The van der Waals surface area contributed by atoms with Crippen molar-refractivity contribution < 1.29 is 4.79 Å². The number of para-hydroxylation sites is 1. The molecule has 1 aliphatic carbocycles. The molecule has 0 aliphatic heterocycles. The summed E-state index contributed by atoms with van der Waals surface area (Å²) >= 11 is 1.70. The van der Waals surface area contributed by atoms with Gasteiger partial charge in [-0.2, -0.15) is 0 Å². The van der Waals surface area contributed by atoms with Gasteiger partial charge in [-0.05, 0) is 30.9 Å². The summed E-state index contributed by atoms with van der Waals surface area (Å²) in [7, 11) is 0. The van der Waals surface area contributed by atoms with E-state index in [1.807, 2.05) is 18.2 Å². The Morgan fingerprint density at radius 2 is 2.18 bits per heavy atom. The predicted octanol–water partition coefficient (Wildman–Crippen LogP) is 2.89. The number of halogens is 1. The van der Waals surface area contributed by atoms with Crippen LogP contribution in [0.4, 0.5) is 0 Å². The van der Waals surface area contributed by atoms with Crippen molar-refractivity contribution in [2.75, 3.05) is 6.54 Å². The molecule has 1 aromatic heterocycles. The van der Waals surface area contributed by atoms with Gasteiger partial charge in [0.05, 0.1) is 15.2 Å². The van der Waals surface area contributed by atoms with E-state index in [2.05, 4.69) is 16.4 Å². The molecule has 4 nitrogen and oxygen atoms in total. The van der Waals surface area contributed by atoms with Crippen LogP contribution in [0.15, 0.2) is 24.3 Å². The molecule has 22 heavy (non-hydrogen) atoms. The lowest BCUT2D eigenvalue weighted by Gasteiger charge is -2.14. The molecular weight excluding hydrogens is 318 g/mol. The van der Waals surface area contributed by atoms with Crippen LogP contribution in [-0.2, 0) is 11.2 Å². The van der Waals surface area contributed by atoms with E-state index in [1.165, 1.54) is 4.70 Å². The van der Waals surface area contributed by atoms with Crippen molar-refractivity contribution in [3.05, 3.63) is 29.3 Å². The number of nitrogens with one attached hydrogen (secondary N) is 1. The van der Waals surface area contributed by atoms with Crippen LogP contribution in [0.2, 0.25) is 0 Å². The Bertz CT molecular complexity index is 598. The molecule has 3 rings (SSSR count). The lowest BCUT2D eigenvalue weighted by Crippen LogP contribution is -2.32. The molecule has 0 spiro atoms. The molecule has 3 N–H and O–H groups in total. The van der Waals surface area contributed by atoms with E-state index >= 15 is 0 Å². The van der Waals surface area contributed by atoms with Crippen molar-refractivity contribution in [3.8, 4) is 0 Å². The third-order valence-electron chi connectivity index (χ3n) is 4.16. The minimum atomic E-state index is 0. The number of rotatable bonds is 5. The smallest absolute Gasteiger partial charge is 0.220 e. The fourth-order valence-corrected chi connectivity index (χ4v) is 3.93. The van der Waals surface area contributed by atoms with Crippen molar-refractivity contribution in [1.29, 1.82) is 0 Å². The maximum absolute atomic E-state index is 11.9. The number of nitrogens with zero attached hydrogens (tertiary/aromatic N) is 1. The minimum absolute atomic E-state index is 0. The Balaban J connectivity index is 0.00000176. The van der Waals surface area contributed by atoms with E-state index in [-0.39, 0.29) is 24.4 Å². The van der Waals surface area contributed by atoms with Gasteiger partial charge in [-0.3, -0.25) is 4.79 Å². The normalized spacial score (nSPS) is 20.8. The highest BCUT2D eigenvalue weighted by molar-refractivity contribution is 7.18. The van der Waals surface area contributed by atoms with Crippen LogP contribution in [0, 0.1) is 5.92 Å². The number of fused-ring (bicyclic) bond motifs is 1. The summed E-state index contributed by atoms with van der Waals surface area (Å²) in [6.07, 6.45) is 4.67. The second-order valence-corrected chi connectivity index (χ2v) is 6.85. The van der Waals surface area contributed by atoms with Crippen LogP contribution < -0.4 is 11.1 Å². The Labute approximate surface area is 140 Å². The number of benzene rings is 1. The molecule has 1 heterocycles. The van der Waals surface area contributed by atoms with Crippen molar-refractivity contribution in [2.24, 2.45) is 11.7 Å². The number of nitrogens with two attached hydrogens (primary N) is 1. The van der Waals surface area contributed by atoms with Gasteiger partial charge in [0.1, 0.15) is 0 Å². The molecule has 1 aliphatic rings. The highest BCUT2D eigenvalue weighted by atomic mass is 35.5. The van der Waals surface area contributed by atoms with Crippen LogP contribution in [-0.4, -0.2) is 23.5 Å². The van der Waals surface area contributed by atoms with Crippen molar-refractivity contribution in [1.82, 2.24) is 10.3 Å². The quantitative estimate of drug-likeness (QED) is 0.880. The van der Waals surface area contributed by atoms with Gasteiger partial charge in [-0.25, -0.2) is 4.98 Å². The van der Waals surface area contributed by atoms with Gasteiger partial charge >= 0.3 is 0 Å². The van der Waals surface area contributed by atoms with Gasteiger partial charge in [0, 0.05) is 25.4 Å². The lowest BCUT2D eigenvalue weighted by atomic mass is 10.00. The second kappa shape index (κ2) is 7.90. The molecule has 1 fully saturated rings. The third kappa shape index (κ3) is 4.18. The van der Waals surface area contributed by atoms with Crippen LogP contribution in [0.25, 0.3) is 10.2 Å². The zero-order valence-electron chi connectivity index (χ0n) is 12.5. The summed E-state index contributed by atoms with van der Waals surface area (Å²) in [4.78, 5) is 16.5. The molecule has 0 bridgehead atoms. The predicted molar refractivity (Wildman–Crippen MR) is 93.5 cm³/mol. The van der Waals surface area contributed by atoms with Gasteiger partial charge in [-0.15, -0.1) is 23.7 Å². The van der Waals surface area contributed by atoms with E-state index in [0.29, 0.717) is 18.9 Å². The summed E-state index contributed by atoms with van der Waals surface area (Å²) in [5.74, 6) is 0.492. The first-order valence-electron chi connectivity index (χ1n) is 7.59. The van der Waals surface area contributed by atoms with Gasteiger partial charge in [-0.1, -0.05) is 18.6 Å². The highest BCUT2D eigenvalue weighted by Gasteiger charge is 2.25. The summed E-state index contributed by atoms with van der Waals surface area (Å²) < 4.78 is 1.20. The average Bonchev–Trinajstić information content (AvgIpc) is 3.05. The monoisotopic (exact) mass is 339 g/mol. The van der Waals surface area contributed by atoms with Crippen LogP contribution in [0.1, 0.15) is 30.7 Å². The SMILES string of the molecule is Cl.N[C@@H]1CCC[C@H]1CC(=O)NCCc1nc2ccccc2s1. The summed E-state index contributed by atoms with van der Waals surface area (Å²) in [6.45, 7) is 0.653. The number of thiazole rings is 1. The van der Waals surface area contributed by atoms with Crippen LogP contribution >= 0.6 is 23.7 Å². The molecule has 2 atom stereocenters. The Hall–Kier alpha value is -1.17. The van der Waals surface area contributed by atoms with Gasteiger partial charge < -0.3 is 11.1 Å². The fourth-order valence-electron chi connectivity index (χ4n) is 2.96. The van der Waals surface area contributed by atoms with E-state index < -0.39 is 0 Å². The van der Waals surface area contributed by atoms with Gasteiger partial charge in [0.25, 0.3) is 0 Å². The number of carbonyl (C=O) groups is 1. The number of hydrogen-bond donors (Lipinski definition) is 2. The average molecular weight is 340 g/mol. The maximum atomic E-state index is 11.9. The molecule has 0 saturated heterocycles. The first kappa shape index (κ1) is 17.2. The first-order chi connectivity index (χ1) is 10.2. The standard InChI is InChI=1S/C16H21N3OS.ClH/c17-12-5-3-4-11(12)10-15(20)18-9-8-16-19-13-6-1-2-7-14(13)21-16;/h1-2,6-7,11-12H,3-5,8-10,17H2,(H,18,20);1H/t11-,12+;/m0./s1. The number of aromatic nitrogens is 1. The summed E-state index contributed by atoms with van der Waals surface area (Å²) in [6, 6.07) is 8.33. The summed E-state index contributed by atoms with van der Waals surface area (Å²) in [5.41, 5.74) is 7.04. The lowest BCUT2D eigenvalue weighted by molar-refractivity contribution is -0.122. The van der Waals surface area contributed by atoms with Crippen LogP contribution in [0.5, 0.6) is 0 Å². The fraction of sp³-hybridized carbons (Fsp3) is 0.500. The van der Waals surface area contributed by atoms with Gasteiger partial charge in [0.15, 0.2) is 0 Å². The Morgan fingerprint density at radius 1 is 1.36 bits per heavy atom. The van der Waals surface area contributed by atoms with E-state index in [1.54, 1.807) is 11.3 Å². The van der Waals surface area contributed by atoms with Crippen molar-refractivity contribution >= 4 is 39.9 Å². The maximum Gasteiger partial charge on any atom is 0.220 e. The first-order valence-corrected chi connectivity index (χ1v) is 8.41. The molecule has 1 amide bonds. The number of amides is 1. The zero-order valence-corrected chi connectivity index (χ0v) is 14.1. The minimum Gasteiger partial charge on any atom is -0.356 e.